The summed E-state index contributed by atoms with van der Waals surface area (Å²) >= 11 is 5.73. The SMILES string of the molecule is O=C(OCn1ccc(Cl)cc1=O)N1CCC(O)C2(CCCC2)C1. The molecule has 3 rings (SSSR count). The number of ether oxygens (including phenoxy) is 1. The van der Waals surface area contributed by atoms with E-state index >= 15 is 0 Å². The molecule has 2 aliphatic rings. The molecule has 2 fully saturated rings. The van der Waals surface area contributed by atoms with Crippen LogP contribution in [-0.2, 0) is 11.5 Å². The highest BCUT2D eigenvalue weighted by molar-refractivity contribution is 6.30. The van der Waals surface area contributed by atoms with Gasteiger partial charge in [0.2, 0.25) is 0 Å². The molecule has 1 saturated carbocycles. The molecule has 1 saturated heterocycles. The Hall–Kier alpha value is -1.53. The molecular formula is C16H21ClN2O4. The van der Waals surface area contributed by atoms with E-state index in [1.807, 2.05) is 0 Å². The Morgan fingerprint density at radius 3 is 2.87 bits per heavy atom. The van der Waals surface area contributed by atoms with Crippen LogP contribution in [-0.4, -0.2) is 39.9 Å². The fourth-order valence-electron chi connectivity index (χ4n) is 3.68. The van der Waals surface area contributed by atoms with Crippen molar-refractivity contribution >= 4 is 17.7 Å². The molecular weight excluding hydrogens is 320 g/mol. The van der Waals surface area contributed by atoms with E-state index in [2.05, 4.69) is 0 Å². The minimum atomic E-state index is -0.440. The number of rotatable bonds is 2. The quantitative estimate of drug-likeness (QED) is 0.896. The van der Waals surface area contributed by atoms with Gasteiger partial charge in [0.05, 0.1) is 6.10 Å². The monoisotopic (exact) mass is 340 g/mol. The van der Waals surface area contributed by atoms with Crippen molar-refractivity contribution in [3.63, 3.8) is 0 Å². The average molecular weight is 341 g/mol. The fourth-order valence-corrected chi connectivity index (χ4v) is 3.83. The molecule has 1 aliphatic carbocycles. The highest BCUT2D eigenvalue weighted by Crippen LogP contribution is 2.45. The third kappa shape index (κ3) is 3.38. The summed E-state index contributed by atoms with van der Waals surface area (Å²) in [7, 11) is 0. The van der Waals surface area contributed by atoms with Crippen LogP contribution in [0.15, 0.2) is 23.1 Å². The van der Waals surface area contributed by atoms with E-state index in [9.17, 15) is 14.7 Å². The summed E-state index contributed by atoms with van der Waals surface area (Å²) in [6, 6.07) is 2.85. The van der Waals surface area contributed by atoms with Crippen molar-refractivity contribution < 1.29 is 14.6 Å². The number of amides is 1. The Bertz CT molecular complexity index is 639. The molecule has 1 N–H and O–H groups in total. The van der Waals surface area contributed by atoms with Crippen LogP contribution in [0.2, 0.25) is 5.02 Å². The number of piperidine rings is 1. The van der Waals surface area contributed by atoms with Crippen LogP contribution >= 0.6 is 11.6 Å². The zero-order valence-corrected chi connectivity index (χ0v) is 13.7. The van der Waals surface area contributed by atoms with Gasteiger partial charge in [0.25, 0.3) is 5.56 Å². The van der Waals surface area contributed by atoms with Crippen LogP contribution in [0.1, 0.15) is 32.1 Å². The molecule has 1 unspecified atom stereocenters. The second-order valence-electron chi connectivity index (χ2n) is 6.49. The first-order valence-electron chi connectivity index (χ1n) is 7.96. The van der Waals surface area contributed by atoms with Crippen LogP contribution < -0.4 is 5.56 Å². The van der Waals surface area contributed by atoms with Gasteiger partial charge < -0.3 is 14.7 Å². The van der Waals surface area contributed by atoms with Crippen molar-refractivity contribution in [2.75, 3.05) is 13.1 Å². The molecule has 0 aromatic carbocycles. The summed E-state index contributed by atoms with van der Waals surface area (Å²) in [5.74, 6) is 0. The van der Waals surface area contributed by atoms with Crippen molar-refractivity contribution in [3.8, 4) is 0 Å². The Morgan fingerprint density at radius 2 is 2.17 bits per heavy atom. The number of carbonyl (C=O) groups is 1. The maximum atomic E-state index is 12.3. The van der Waals surface area contributed by atoms with E-state index in [-0.39, 0.29) is 23.8 Å². The van der Waals surface area contributed by atoms with Gasteiger partial charge in [-0.05, 0) is 25.3 Å². The molecule has 6 nitrogen and oxygen atoms in total. The minimum Gasteiger partial charge on any atom is -0.428 e. The lowest BCUT2D eigenvalue weighted by molar-refractivity contribution is -0.0430. The molecule has 1 aromatic rings. The Morgan fingerprint density at radius 1 is 1.43 bits per heavy atom. The highest BCUT2D eigenvalue weighted by atomic mass is 35.5. The second kappa shape index (κ2) is 6.53. The number of pyridine rings is 1. The molecule has 0 radical (unpaired) electrons. The summed E-state index contributed by atoms with van der Waals surface area (Å²) < 4.78 is 6.54. The van der Waals surface area contributed by atoms with Gasteiger partial charge in [0.1, 0.15) is 0 Å². The van der Waals surface area contributed by atoms with Gasteiger partial charge in [-0.25, -0.2) is 4.79 Å². The summed E-state index contributed by atoms with van der Waals surface area (Å²) in [6.07, 6.45) is 5.40. The van der Waals surface area contributed by atoms with Gasteiger partial charge in [-0.3, -0.25) is 9.36 Å². The Kier molecular flexibility index (Phi) is 4.64. The number of nitrogens with zero attached hydrogens (tertiary/aromatic N) is 2. The number of likely N-dealkylation sites (tertiary alicyclic amines) is 1. The topological polar surface area (TPSA) is 71.8 Å². The average Bonchev–Trinajstić information content (AvgIpc) is 2.98. The van der Waals surface area contributed by atoms with Crippen molar-refractivity contribution in [2.45, 2.75) is 44.9 Å². The number of halogens is 1. The first-order chi connectivity index (χ1) is 11.0. The molecule has 2 heterocycles. The number of aromatic nitrogens is 1. The summed E-state index contributed by atoms with van der Waals surface area (Å²) in [5, 5.41) is 10.6. The van der Waals surface area contributed by atoms with E-state index in [0.717, 1.165) is 25.7 Å². The minimum absolute atomic E-state index is 0.138. The smallest absolute Gasteiger partial charge is 0.411 e. The predicted octanol–water partition coefficient (Wildman–Crippen LogP) is 2.22. The number of carbonyl (C=O) groups excluding carboxylic acids is 1. The van der Waals surface area contributed by atoms with Gasteiger partial charge in [0.15, 0.2) is 6.73 Å². The number of hydrogen-bond donors (Lipinski definition) is 1. The van der Waals surface area contributed by atoms with Crippen LogP contribution in [0, 0.1) is 5.41 Å². The van der Waals surface area contributed by atoms with Crippen molar-refractivity contribution in [1.82, 2.24) is 9.47 Å². The van der Waals surface area contributed by atoms with Gasteiger partial charge >= 0.3 is 6.09 Å². The Labute approximate surface area is 139 Å². The highest BCUT2D eigenvalue weighted by Gasteiger charge is 2.45. The Balaban J connectivity index is 1.61. The van der Waals surface area contributed by atoms with E-state index < -0.39 is 6.09 Å². The van der Waals surface area contributed by atoms with Gasteiger partial charge in [-0.2, -0.15) is 0 Å². The maximum absolute atomic E-state index is 12.3. The first-order valence-corrected chi connectivity index (χ1v) is 8.34. The van der Waals surface area contributed by atoms with E-state index in [4.69, 9.17) is 16.3 Å². The van der Waals surface area contributed by atoms with E-state index in [0.29, 0.717) is 24.5 Å². The molecule has 7 heteroatoms. The first kappa shape index (κ1) is 16.3. The third-order valence-corrected chi connectivity index (χ3v) is 5.26. The molecule has 0 bridgehead atoms. The number of aliphatic hydroxyl groups is 1. The molecule has 1 amide bonds. The van der Waals surface area contributed by atoms with Crippen molar-refractivity contribution in [1.29, 1.82) is 0 Å². The maximum Gasteiger partial charge on any atom is 0.411 e. The van der Waals surface area contributed by atoms with E-state index in [1.165, 1.54) is 16.8 Å². The molecule has 1 aliphatic heterocycles. The third-order valence-electron chi connectivity index (χ3n) is 5.03. The van der Waals surface area contributed by atoms with Gasteiger partial charge in [-0.1, -0.05) is 24.4 Å². The van der Waals surface area contributed by atoms with Crippen LogP contribution in [0.3, 0.4) is 0 Å². The van der Waals surface area contributed by atoms with Crippen LogP contribution in [0.4, 0.5) is 4.79 Å². The predicted molar refractivity (Wildman–Crippen MR) is 85.3 cm³/mol. The van der Waals surface area contributed by atoms with Gasteiger partial charge in [0, 0.05) is 35.8 Å². The fraction of sp³-hybridized carbons (Fsp3) is 0.625. The van der Waals surface area contributed by atoms with Crippen molar-refractivity contribution in [3.05, 3.63) is 33.7 Å². The van der Waals surface area contributed by atoms with E-state index in [1.54, 1.807) is 11.0 Å². The lowest BCUT2D eigenvalue weighted by Gasteiger charge is -2.43. The lowest BCUT2D eigenvalue weighted by Crippen LogP contribution is -2.52. The molecule has 1 spiro atoms. The zero-order chi connectivity index (χ0) is 16.4. The van der Waals surface area contributed by atoms with Gasteiger partial charge in [-0.15, -0.1) is 0 Å². The largest absolute Gasteiger partial charge is 0.428 e. The van der Waals surface area contributed by atoms with Crippen LogP contribution in [0.25, 0.3) is 0 Å². The number of hydrogen-bond acceptors (Lipinski definition) is 4. The second-order valence-corrected chi connectivity index (χ2v) is 6.92. The summed E-state index contributed by atoms with van der Waals surface area (Å²) in [6.45, 7) is 0.876. The molecule has 1 aromatic heterocycles. The van der Waals surface area contributed by atoms with Crippen LogP contribution in [0.5, 0.6) is 0 Å². The van der Waals surface area contributed by atoms with Crippen molar-refractivity contribution in [2.24, 2.45) is 5.41 Å². The normalized spacial score (nSPS) is 23.2. The zero-order valence-electron chi connectivity index (χ0n) is 12.9. The lowest BCUT2D eigenvalue weighted by atomic mass is 9.76. The summed E-state index contributed by atoms with van der Waals surface area (Å²) in [5.41, 5.74) is -0.486. The molecule has 23 heavy (non-hydrogen) atoms. The summed E-state index contributed by atoms with van der Waals surface area (Å²) in [4.78, 5) is 25.6. The molecule has 1 atom stereocenters. The number of aliphatic hydroxyl groups excluding tert-OH is 1. The molecule has 126 valence electrons. The standard InChI is InChI=1S/C16H21ClN2O4/c17-12-3-7-19(14(21)9-12)11-23-15(22)18-8-4-13(20)16(10-18)5-1-2-6-16/h3,7,9,13,20H,1-2,4-6,8,10-11H2.